The zero-order valence-corrected chi connectivity index (χ0v) is 16.7. The summed E-state index contributed by atoms with van der Waals surface area (Å²) in [6.07, 6.45) is -0.643. The maximum absolute atomic E-state index is 12.2. The van der Waals surface area contributed by atoms with Gasteiger partial charge in [-0.15, -0.1) is 0 Å². The van der Waals surface area contributed by atoms with Crippen molar-refractivity contribution in [3.8, 4) is 11.5 Å². The molecule has 1 N–H and O–H groups in total. The maximum Gasteiger partial charge on any atom is 0.201 e. The molecule has 1 aliphatic heterocycles. The second kappa shape index (κ2) is 9.08. The molecule has 1 aliphatic rings. The predicted octanol–water partition coefficient (Wildman–Crippen LogP) is 2.31. The summed E-state index contributed by atoms with van der Waals surface area (Å²) >= 11 is 0. The first-order chi connectivity index (χ1) is 13.5. The SMILES string of the molecule is COc1ccc(C(O)C(C)N2CCN(c3cccccc3=O)CC2)cc1OC. The van der Waals surface area contributed by atoms with Gasteiger partial charge in [0.25, 0.3) is 0 Å². The van der Waals surface area contributed by atoms with Crippen LogP contribution in [-0.4, -0.2) is 56.4 Å². The van der Waals surface area contributed by atoms with E-state index in [1.807, 2.05) is 43.3 Å². The van der Waals surface area contributed by atoms with E-state index in [0.717, 1.165) is 37.4 Å². The normalized spacial score (nSPS) is 17.1. The lowest BCUT2D eigenvalue weighted by molar-refractivity contribution is 0.0544. The number of hydrogen-bond acceptors (Lipinski definition) is 6. The van der Waals surface area contributed by atoms with Crippen LogP contribution in [0.2, 0.25) is 0 Å². The molecule has 2 aromatic rings. The van der Waals surface area contributed by atoms with E-state index in [4.69, 9.17) is 9.47 Å². The minimum absolute atomic E-state index is 0.0388. The summed E-state index contributed by atoms with van der Waals surface area (Å²) in [6.45, 7) is 5.09. The number of nitrogens with zero attached hydrogens (tertiary/aromatic N) is 2. The van der Waals surface area contributed by atoms with Gasteiger partial charge in [0, 0.05) is 32.2 Å². The van der Waals surface area contributed by atoms with E-state index in [1.165, 1.54) is 0 Å². The molecule has 3 rings (SSSR count). The highest BCUT2D eigenvalue weighted by Crippen LogP contribution is 2.32. The Morgan fingerprint density at radius 2 is 1.61 bits per heavy atom. The predicted molar refractivity (Wildman–Crippen MR) is 110 cm³/mol. The highest BCUT2D eigenvalue weighted by molar-refractivity contribution is 5.46. The Balaban J connectivity index is 1.67. The zero-order chi connectivity index (χ0) is 20.1. The first-order valence-corrected chi connectivity index (χ1v) is 9.53. The Bertz CT molecular complexity index is 850. The molecule has 150 valence electrons. The molecule has 1 saturated heterocycles. The van der Waals surface area contributed by atoms with Crippen LogP contribution in [0.4, 0.5) is 5.69 Å². The quantitative estimate of drug-likeness (QED) is 0.825. The molecule has 0 aliphatic carbocycles. The lowest BCUT2D eigenvalue weighted by atomic mass is 10.0. The van der Waals surface area contributed by atoms with Gasteiger partial charge in [0.1, 0.15) is 0 Å². The van der Waals surface area contributed by atoms with E-state index in [-0.39, 0.29) is 11.5 Å². The van der Waals surface area contributed by atoms with Crippen LogP contribution in [0.1, 0.15) is 18.6 Å². The molecule has 28 heavy (non-hydrogen) atoms. The number of ether oxygens (including phenoxy) is 2. The summed E-state index contributed by atoms with van der Waals surface area (Å²) in [5.41, 5.74) is 1.57. The monoisotopic (exact) mass is 384 g/mol. The molecule has 6 nitrogen and oxygen atoms in total. The van der Waals surface area contributed by atoms with Crippen LogP contribution in [0.3, 0.4) is 0 Å². The van der Waals surface area contributed by atoms with Crippen molar-refractivity contribution in [2.45, 2.75) is 19.1 Å². The molecule has 0 radical (unpaired) electrons. The minimum Gasteiger partial charge on any atom is -0.493 e. The fraction of sp³-hybridized carbons (Fsp3) is 0.409. The van der Waals surface area contributed by atoms with Crippen molar-refractivity contribution in [3.05, 3.63) is 64.3 Å². The van der Waals surface area contributed by atoms with E-state index < -0.39 is 6.10 Å². The van der Waals surface area contributed by atoms with Crippen molar-refractivity contribution >= 4 is 5.69 Å². The van der Waals surface area contributed by atoms with Crippen molar-refractivity contribution in [1.29, 1.82) is 0 Å². The molecule has 1 fully saturated rings. The summed E-state index contributed by atoms with van der Waals surface area (Å²) < 4.78 is 10.6. The molecule has 2 unspecified atom stereocenters. The summed E-state index contributed by atoms with van der Waals surface area (Å²) in [6, 6.07) is 14.5. The van der Waals surface area contributed by atoms with Gasteiger partial charge < -0.3 is 19.5 Å². The van der Waals surface area contributed by atoms with Crippen LogP contribution in [0.25, 0.3) is 0 Å². The molecule has 0 saturated carbocycles. The molecule has 0 aromatic heterocycles. The second-order valence-corrected chi connectivity index (χ2v) is 6.98. The van der Waals surface area contributed by atoms with Crippen LogP contribution in [-0.2, 0) is 0 Å². The van der Waals surface area contributed by atoms with Crippen molar-refractivity contribution in [3.63, 3.8) is 0 Å². The first-order valence-electron chi connectivity index (χ1n) is 9.53. The fourth-order valence-electron chi connectivity index (χ4n) is 3.67. The minimum atomic E-state index is -0.643. The Labute approximate surface area is 165 Å². The number of aliphatic hydroxyl groups excluding tert-OH is 1. The summed E-state index contributed by atoms with van der Waals surface area (Å²) in [7, 11) is 3.18. The molecule has 0 amide bonds. The Morgan fingerprint density at radius 3 is 2.29 bits per heavy atom. The van der Waals surface area contributed by atoms with Gasteiger partial charge in [-0.05, 0) is 36.8 Å². The van der Waals surface area contributed by atoms with Crippen LogP contribution >= 0.6 is 0 Å². The number of aliphatic hydroxyl groups is 1. The van der Waals surface area contributed by atoms with Crippen LogP contribution < -0.4 is 19.8 Å². The molecule has 0 bridgehead atoms. The average molecular weight is 384 g/mol. The van der Waals surface area contributed by atoms with Gasteiger partial charge in [-0.1, -0.05) is 24.3 Å². The van der Waals surface area contributed by atoms with Crippen molar-refractivity contribution in [2.24, 2.45) is 0 Å². The number of methoxy groups -OCH3 is 2. The lowest BCUT2D eigenvalue weighted by Gasteiger charge is -2.40. The number of benzene rings is 1. The van der Waals surface area contributed by atoms with E-state index in [0.29, 0.717) is 11.5 Å². The van der Waals surface area contributed by atoms with Gasteiger partial charge in [-0.25, -0.2) is 0 Å². The van der Waals surface area contributed by atoms with Gasteiger partial charge in [0.15, 0.2) is 11.5 Å². The number of anilines is 1. The topological polar surface area (TPSA) is 62.2 Å². The second-order valence-electron chi connectivity index (χ2n) is 6.98. The molecular formula is C22H28N2O4. The van der Waals surface area contributed by atoms with E-state index in [2.05, 4.69) is 9.80 Å². The van der Waals surface area contributed by atoms with Gasteiger partial charge >= 0.3 is 0 Å². The summed E-state index contributed by atoms with van der Waals surface area (Å²) in [5, 5.41) is 10.9. The maximum atomic E-state index is 12.2. The summed E-state index contributed by atoms with van der Waals surface area (Å²) in [4.78, 5) is 16.6. The smallest absolute Gasteiger partial charge is 0.201 e. The average Bonchev–Trinajstić information content (AvgIpc) is 2.96. The molecule has 1 heterocycles. The van der Waals surface area contributed by atoms with Crippen LogP contribution in [0.15, 0.2) is 53.3 Å². The van der Waals surface area contributed by atoms with Crippen LogP contribution in [0, 0.1) is 0 Å². The fourth-order valence-corrected chi connectivity index (χ4v) is 3.67. The van der Waals surface area contributed by atoms with Gasteiger partial charge in [0.05, 0.1) is 26.0 Å². The lowest BCUT2D eigenvalue weighted by Crippen LogP contribution is -2.51. The largest absolute Gasteiger partial charge is 0.493 e. The first kappa shape index (κ1) is 20.2. The van der Waals surface area contributed by atoms with Gasteiger partial charge in [0.2, 0.25) is 5.43 Å². The van der Waals surface area contributed by atoms with Gasteiger partial charge in [-0.2, -0.15) is 0 Å². The van der Waals surface area contributed by atoms with Crippen molar-refractivity contribution < 1.29 is 14.6 Å². The third-order valence-electron chi connectivity index (χ3n) is 5.41. The molecule has 2 aromatic carbocycles. The number of piperazine rings is 1. The third kappa shape index (κ3) is 4.29. The third-order valence-corrected chi connectivity index (χ3v) is 5.41. The standard InChI is InChI=1S/C22H28N2O4/c1-16(22(26)17-9-10-20(27-2)21(15-17)28-3)23-11-13-24(14-12-23)18-7-5-4-6-8-19(18)25/h4-10,15-16,22,26H,11-14H2,1-3H3. The molecule has 0 spiro atoms. The Kier molecular flexibility index (Phi) is 6.54. The molecular weight excluding hydrogens is 356 g/mol. The van der Waals surface area contributed by atoms with E-state index >= 15 is 0 Å². The number of hydrogen-bond donors (Lipinski definition) is 1. The molecule has 6 heteroatoms. The van der Waals surface area contributed by atoms with Crippen molar-refractivity contribution in [1.82, 2.24) is 4.90 Å². The highest BCUT2D eigenvalue weighted by Gasteiger charge is 2.27. The Hall–Kier alpha value is -2.57. The van der Waals surface area contributed by atoms with E-state index in [9.17, 15) is 9.90 Å². The van der Waals surface area contributed by atoms with Gasteiger partial charge in [-0.3, -0.25) is 9.69 Å². The molecule has 2 atom stereocenters. The van der Waals surface area contributed by atoms with E-state index in [1.54, 1.807) is 26.4 Å². The zero-order valence-electron chi connectivity index (χ0n) is 16.7. The van der Waals surface area contributed by atoms with Crippen molar-refractivity contribution in [2.75, 3.05) is 45.3 Å². The Morgan fingerprint density at radius 1 is 0.929 bits per heavy atom. The number of rotatable bonds is 6. The summed E-state index contributed by atoms with van der Waals surface area (Å²) in [5.74, 6) is 1.25. The van der Waals surface area contributed by atoms with Crippen LogP contribution in [0.5, 0.6) is 11.5 Å². The highest BCUT2D eigenvalue weighted by atomic mass is 16.5.